The lowest BCUT2D eigenvalue weighted by molar-refractivity contribution is 0.396. The first-order chi connectivity index (χ1) is 30.3. The number of aromatic nitrogens is 1. The number of rotatable bonds is 5. The molecule has 12 rings (SSSR count). The molecule has 4 unspecified atom stereocenters. The van der Waals surface area contributed by atoms with Crippen LogP contribution in [-0.4, -0.2) is 10.6 Å². The molecule has 4 aliphatic rings. The number of anilines is 2. The second-order valence-corrected chi connectivity index (χ2v) is 18.1. The zero-order chi connectivity index (χ0) is 41.7. The monoisotopic (exact) mass is 808 g/mol. The minimum absolute atomic E-state index is 0.102. The van der Waals surface area contributed by atoms with Gasteiger partial charge in [-0.05, 0) is 154 Å². The molecule has 2 heterocycles. The Kier molecular flexibility index (Phi) is 8.44. The number of fused-ring (bicyclic) bond motifs is 8. The molecule has 0 saturated carbocycles. The van der Waals surface area contributed by atoms with Crippen molar-refractivity contribution < 1.29 is 8.78 Å². The standard InChI is InChI=1S/C58H46F2N2/c1-36-16-28-47-50(32-36)57(46-13-7-6-12-45(46)56(47)38-10-4-3-5-11-38)39-19-26-44(27-20-39)62-54-15-9-8-14-51(54)58(2)35-40(21-31-55(58)62)37-17-24-43(25-18-37)61-52-29-22-41(59)33-48(52)49-34-42(60)23-30-53(49)61/h3-10,12-30,33-34,36,38,55H,11,31-32,35H2,1-2H3. The molecule has 2 nitrogen and oxygen atoms in total. The van der Waals surface area contributed by atoms with Gasteiger partial charge in [-0.15, -0.1) is 0 Å². The highest BCUT2D eigenvalue weighted by molar-refractivity contribution is 6.09. The summed E-state index contributed by atoms with van der Waals surface area (Å²) in [4.78, 5) is 2.60. The number of halogens is 2. The van der Waals surface area contributed by atoms with E-state index >= 15 is 0 Å². The fourth-order valence-electron chi connectivity index (χ4n) is 11.6. The van der Waals surface area contributed by atoms with Crippen molar-refractivity contribution in [2.75, 3.05) is 4.90 Å². The molecule has 0 spiro atoms. The molecule has 3 aliphatic carbocycles. The summed E-state index contributed by atoms with van der Waals surface area (Å²) in [5.41, 5.74) is 16.0. The summed E-state index contributed by atoms with van der Waals surface area (Å²) in [7, 11) is 0. The Morgan fingerprint density at radius 1 is 0.645 bits per heavy atom. The van der Waals surface area contributed by atoms with E-state index in [1.54, 1.807) is 12.1 Å². The highest BCUT2D eigenvalue weighted by atomic mass is 19.1. The van der Waals surface area contributed by atoms with E-state index in [1.807, 2.05) is 0 Å². The minimum atomic E-state index is -0.331. The summed E-state index contributed by atoms with van der Waals surface area (Å²) in [6.45, 7) is 4.79. The molecule has 8 aromatic rings. The van der Waals surface area contributed by atoms with E-state index in [0.29, 0.717) is 22.6 Å². The van der Waals surface area contributed by atoms with Gasteiger partial charge in [0.2, 0.25) is 0 Å². The molecule has 0 radical (unpaired) electrons. The molecular weight excluding hydrogens is 763 g/mol. The van der Waals surface area contributed by atoms with Gasteiger partial charge in [0.15, 0.2) is 0 Å². The highest BCUT2D eigenvalue weighted by Crippen LogP contribution is 2.56. The average Bonchev–Trinajstić information content (AvgIpc) is 3.76. The highest BCUT2D eigenvalue weighted by Gasteiger charge is 2.49. The lowest BCUT2D eigenvalue weighted by atomic mass is 9.68. The number of allylic oxidation sites excluding steroid dienone is 6. The topological polar surface area (TPSA) is 8.17 Å². The van der Waals surface area contributed by atoms with E-state index in [2.05, 4.69) is 163 Å². The molecule has 7 aromatic carbocycles. The Morgan fingerprint density at radius 3 is 2.05 bits per heavy atom. The first kappa shape index (κ1) is 37.0. The second-order valence-electron chi connectivity index (χ2n) is 18.1. The molecule has 0 bridgehead atoms. The molecular formula is C58H46F2N2. The van der Waals surface area contributed by atoms with Gasteiger partial charge in [0.25, 0.3) is 0 Å². The smallest absolute Gasteiger partial charge is 0.123 e. The van der Waals surface area contributed by atoms with Crippen LogP contribution in [-0.2, 0) is 11.8 Å². The van der Waals surface area contributed by atoms with Crippen molar-refractivity contribution in [3.63, 3.8) is 0 Å². The van der Waals surface area contributed by atoms with Crippen molar-refractivity contribution in [2.24, 2.45) is 5.92 Å². The van der Waals surface area contributed by atoms with Crippen LogP contribution in [0, 0.1) is 17.6 Å². The molecule has 4 atom stereocenters. The zero-order valence-corrected chi connectivity index (χ0v) is 35.0. The van der Waals surface area contributed by atoms with Crippen molar-refractivity contribution >= 4 is 55.6 Å². The Bertz CT molecular complexity index is 3190. The van der Waals surface area contributed by atoms with Gasteiger partial charge in [0.1, 0.15) is 11.6 Å². The molecule has 0 saturated heterocycles. The Labute approximate surface area is 361 Å². The molecule has 1 aliphatic heterocycles. The normalized spacial score (nSPS) is 21.4. The Morgan fingerprint density at radius 2 is 1.32 bits per heavy atom. The van der Waals surface area contributed by atoms with Crippen LogP contribution < -0.4 is 4.90 Å². The van der Waals surface area contributed by atoms with Gasteiger partial charge < -0.3 is 9.47 Å². The molecule has 4 heteroatoms. The van der Waals surface area contributed by atoms with Crippen LogP contribution in [0.2, 0.25) is 0 Å². The summed E-state index contributed by atoms with van der Waals surface area (Å²) in [6.07, 6.45) is 20.2. The lowest BCUT2D eigenvalue weighted by Gasteiger charge is -2.40. The van der Waals surface area contributed by atoms with Crippen molar-refractivity contribution in [1.29, 1.82) is 0 Å². The van der Waals surface area contributed by atoms with Crippen molar-refractivity contribution in [1.82, 2.24) is 4.57 Å². The van der Waals surface area contributed by atoms with Gasteiger partial charge in [0.05, 0.1) is 11.0 Å². The number of hydrogen-bond donors (Lipinski definition) is 0. The van der Waals surface area contributed by atoms with E-state index in [0.717, 1.165) is 42.4 Å². The van der Waals surface area contributed by atoms with E-state index in [4.69, 9.17) is 0 Å². The van der Waals surface area contributed by atoms with E-state index in [1.165, 1.54) is 90.9 Å². The predicted molar refractivity (Wildman–Crippen MR) is 255 cm³/mol. The number of benzene rings is 7. The third-order valence-electron chi connectivity index (χ3n) is 14.5. The maximum absolute atomic E-state index is 14.4. The van der Waals surface area contributed by atoms with Crippen molar-refractivity contribution in [3.05, 3.63) is 209 Å². The molecule has 0 fully saturated rings. The number of hydrogen-bond acceptors (Lipinski definition) is 1. The minimum Gasteiger partial charge on any atom is -0.337 e. The van der Waals surface area contributed by atoms with Crippen LogP contribution in [0.3, 0.4) is 0 Å². The summed E-state index contributed by atoms with van der Waals surface area (Å²) in [5.74, 6) is 0.191. The number of nitrogens with zero attached hydrogens (tertiary/aromatic N) is 2. The SMILES string of the molecule is CC1C=Cc2c(c(-c3ccc(N4c5ccccc5C5(C)CC(c6ccc(-n7c8ccc(F)cc8c8cc(F)ccc87)cc6)=CCC45)cc3)c3ccccc3c2C2C=CC=CC2)C1. The Hall–Kier alpha value is -6.78. The summed E-state index contributed by atoms with van der Waals surface area (Å²) in [6, 6.07) is 46.0. The van der Waals surface area contributed by atoms with Crippen LogP contribution in [0.5, 0.6) is 0 Å². The van der Waals surface area contributed by atoms with Gasteiger partial charge in [0, 0.05) is 45.2 Å². The molecule has 1 aromatic heterocycles. The van der Waals surface area contributed by atoms with Gasteiger partial charge in [-0.1, -0.05) is 123 Å². The second kappa shape index (κ2) is 14.1. The first-order valence-corrected chi connectivity index (χ1v) is 22.1. The van der Waals surface area contributed by atoms with Gasteiger partial charge in [-0.25, -0.2) is 8.78 Å². The summed E-state index contributed by atoms with van der Waals surface area (Å²) < 4.78 is 30.9. The first-order valence-electron chi connectivity index (χ1n) is 22.1. The quantitative estimate of drug-likeness (QED) is 0.168. The van der Waals surface area contributed by atoms with Gasteiger partial charge in [-0.2, -0.15) is 0 Å². The Balaban J connectivity index is 0.895. The van der Waals surface area contributed by atoms with E-state index < -0.39 is 0 Å². The number of para-hydroxylation sites is 1. The average molecular weight is 809 g/mol. The molecule has 62 heavy (non-hydrogen) atoms. The van der Waals surface area contributed by atoms with Crippen molar-refractivity contribution in [3.8, 4) is 16.8 Å². The van der Waals surface area contributed by atoms with Crippen LogP contribution in [0.1, 0.15) is 66.8 Å². The van der Waals surface area contributed by atoms with Gasteiger partial charge in [-0.3, -0.25) is 0 Å². The maximum Gasteiger partial charge on any atom is 0.123 e. The summed E-state index contributed by atoms with van der Waals surface area (Å²) >= 11 is 0. The fraction of sp³-hybridized carbons (Fsp3) is 0.172. The lowest BCUT2D eigenvalue weighted by Crippen LogP contribution is -2.42. The van der Waals surface area contributed by atoms with E-state index in [9.17, 15) is 8.78 Å². The van der Waals surface area contributed by atoms with Crippen LogP contribution in [0.15, 0.2) is 170 Å². The van der Waals surface area contributed by atoms with Crippen LogP contribution in [0.25, 0.3) is 61.0 Å². The van der Waals surface area contributed by atoms with Crippen molar-refractivity contribution in [2.45, 2.75) is 56.9 Å². The maximum atomic E-state index is 14.4. The molecule has 302 valence electrons. The van der Waals surface area contributed by atoms with Crippen LogP contribution >= 0.6 is 0 Å². The zero-order valence-electron chi connectivity index (χ0n) is 35.0. The third-order valence-corrected chi connectivity index (χ3v) is 14.5. The predicted octanol–water partition coefficient (Wildman–Crippen LogP) is 15.3. The largest absolute Gasteiger partial charge is 0.337 e. The third kappa shape index (κ3) is 5.65. The van der Waals surface area contributed by atoms with Gasteiger partial charge >= 0.3 is 0 Å². The fourth-order valence-corrected chi connectivity index (χ4v) is 11.6. The molecule has 0 amide bonds. The van der Waals surface area contributed by atoms with E-state index in [-0.39, 0.29) is 23.1 Å². The molecule has 0 N–H and O–H groups in total. The van der Waals surface area contributed by atoms with Crippen LogP contribution in [0.4, 0.5) is 20.2 Å². The summed E-state index contributed by atoms with van der Waals surface area (Å²) in [5, 5.41) is 4.11.